The van der Waals surface area contributed by atoms with E-state index in [0.717, 1.165) is 25.7 Å². The molecule has 0 aliphatic carbocycles. The summed E-state index contributed by atoms with van der Waals surface area (Å²) >= 11 is 0. The van der Waals surface area contributed by atoms with Gasteiger partial charge in [0.25, 0.3) is 0 Å². The van der Waals surface area contributed by atoms with E-state index in [-0.39, 0.29) is 42.7 Å². The van der Waals surface area contributed by atoms with E-state index in [1.54, 1.807) is 0 Å². The number of hydrogen-bond donors (Lipinski definition) is 0. The molecule has 0 unspecified atom stereocenters. The smallest absolute Gasteiger partial charge is 0.306 e. The second kappa shape index (κ2) is 11.6. The molecule has 124 valence electrons. The van der Waals surface area contributed by atoms with Gasteiger partial charge in [0.2, 0.25) is 0 Å². The van der Waals surface area contributed by atoms with Crippen molar-refractivity contribution in [2.75, 3.05) is 6.61 Å². The summed E-state index contributed by atoms with van der Waals surface area (Å²) in [4.78, 5) is 23.3. The minimum Gasteiger partial charge on any atom is -0.466 e. The van der Waals surface area contributed by atoms with Crippen LogP contribution in [0.15, 0.2) is 0 Å². The monoisotopic (exact) mass is 300 g/mol. The van der Waals surface area contributed by atoms with Crippen LogP contribution in [0.5, 0.6) is 0 Å². The van der Waals surface area contributed by atoms with Crippen LogP contribution < -0.4 is 0 Å². The zero-order chi connectivity index (χ0) is 16.3. The van der Waals surface area contributed by atoms with Crippen LogP contribution in [0, 0.1) is 11.8 Å². The summed E-state index contributed by atoms with van der Waals surface area (Å²) in [5.41, 5.74) is 0. The Morgan fingerprint density at radius 2 is 1.43 bits per heavy atom. The predicted molar refractivity (Wildman–Crippen MR) is 83.9 cm³/mol. The number of carbonyl (C=O) groups is 2. The van der Waals surface area contributed by atoms with Crippen molar-refractivity contribution in [3.05, 3.63) is 0 Å². The molecule has 0 saturated carbocycles. The van der Waals surface area contributed by atoms with Crippen molar-refractivity contribution in [2.45, 2.75) is 79.2 Å². The van der Waals surface area contributed by atoms with Crippen LogP contribution in [0.4, 0.5) is 0 Å². The van der Waals surface area contributed by atoms with Crippen molar-refractivity contribution in [3.8, 4) is 0 Å². The summed E-state index contributed by atoms with van der Waals surface area (Å²) in [5, 5.41) is 0. The Balaban J connectivity index is 3.83. The maximum Gasteiger partial charge on any atom is 0.306 e. The number of rotatable bonds is 11. The van der Waals surface area contributed by atoms with Crippen LogP contribution >= 0.6 is 0 Å². The number of unbranched alkanes of at least 4 members (excludes halogenated alkanes) is 3. The highest BCUT2D eigenvalue weighted by Gasteiger charge is 2.22. The fraction of sp³-hybridized carbons (Fsp3) is 0.882. The Morgan fingerprint density at radius 3 is 1.95 bits per heavy atom. The molecule has 0 aliphatic rings. The second-order valence-electron chi connectivity index (χ2n) is 6.22. The van der Waals surface area contributed by atoms with Gasteiger partial charge in [-0.3, -0.25) is 9.59 Å². The maximum atomic E-state index is 11.8. The largest absolute Gasteiger partial charge is 0.466 e. The molecular formula is C17H32O4. The standard InChI is InChI=1S/C17H32O4/c1-6-7-8-9-12-20-15(18)10-11-16(19)21-17(13(2)3)14(4)5/h13-14,17H,6-12H2,1-5H3. The first kappa shape index (κ1) is 19.9. The van der Waals surface area contributed by atoms with Crippen molar-refractivity contribution in [1.29, 1.82) is 0 Å². The molecule has 0 spiro atoms. The molecule has 0 atom stereocenters. The van der Waals surface area contributed by atoms with Crippen molar-refractivity contribution < 1.29 is 19.1 Å². The van der Waals surface area contributed by atoms with Gasteiger partial charge in [-0.05, 0) is 18.3 Å². The molecule has 0 aliphatic heterocycles. The molecule has 0 rings (SSSR count). The van der Waals surface area contributed by atoms with Crippen LogP contribution in [0.3, 0.4) is 0 Å². The Morgan fingerprint density at radius 1 is 0.857 bits per heavy atom. The molecule has 21 heavy (non-hydrogen) atoms. The molecular weight excluding hydrogens is 268 g/mol. The van der Waals surface area contributed by atoms with Crippen LogP contribution in [-0.2, 0) is 19.1 Å². The predicted octanol–water partition coefficient (Wildman–Crippen LogP) is 4.11. The molecule has 0 heterocycles. The van der Waals surface area contributed by atoms with Gasteiger partial charge in [0.15, 0.2) is 0 Å². The first-order chi connectivity index (χ1) is 9.88. The van der Waals surface area contributed by atoms with E-state index >= 15 is 0 Å². The quantitative estimate of drug-likeness (QED) is 0.425. The lowest BCUT2D eigenvalue weighted by Crippen LogP contribution is -2.29. The summed E-state index contributed by atoms with van der Waals surface area (Å²) in [6.45, 7) is 10.7. The summed E-state index contributed by atoms with van der Waals surface area (Å²) in [6, 6.07) is 0. The number of ether oxygens (including phenoxy) is 2. The third-order valence-corrected chi connectivity index (χ3v) is 3.38. The fourth-order valence-electron chi connectivity index (χ4n) is 2.24. The van der Waals surface area contributed by atoms with E-state index in [0.29, 0.717) is 6.61 Å². The Bertz CT molecular complexity index is 289. The lowest BCUT2D eigenvalue weighted by Gasteiger charge is -2.24. The normalized spacial score (nSPS) is 11.2. The van der Waals surface area contributed by atoms with E-state index in [4.69, 9.17) is 9.47 Å². The van der Waals surface area contributed by atoms with Crippen molar-refractivity contribution in [3.63, 3.8) is 0 Å². The lowest BCUT2D eigenvalue weighted by molar-refractivity contribution is -0.157. The molecule has 4 heteroatoms. The van der Waals surface area contributed by atoms with Gasteiger partial charge in [-0.25, -0.2) is 0 Å². The van der Waals surface area contributed by atoms with Crippen molar-refractivity contribution in [1.82, 2.24) is 0 Å². The SMILES string of the molecule is CCCCCCOC(=O)CCC(=O)OC(C(C)C)C(C)C. The molecule has 0 aromatic carbocycles. The van der Waals surface area contributed by atoms with Crippen LogP contribution in [-0.4, -0.2) is 24.6 Å². The van der Waals surface area contributed by atoms with Crippen molar-refractivity contribution in [2.24, 2.45) is 11.8 Å². The van der Waals surface area contributed by atoms with Gasteiger partial charge in [0.05, 0.1) is 19.4 Å². The Hall–Kier alpha value is -1.06. The topological polar surface area (TPSA) is 52.6 Å². The molecule has 0 fully saturated rings. The van der Waals surface area contributed by atoms with Gasteiger partial charge in [0, 0.05) is 0 Å². The Labute approximate surface area is 129 Å². The molecule has 0 aromatic rings. The Kier molecular flexibility index (Phi) is 11.0. The van der Waals surface area contributed by atoms with Gasteiger partial charge in [-0.1, -0.05) is 53.9 Å². The summed E-state index contributed by atoms with van der Waals surface area (Å²) in [6.07, 6.45) is 4.41. The molecule has 4 nitrogen and oxygen atoms in total. The third kappa shape index (κ3) is 10.3. The van der Waals surface area contributed by atoms with E-state index in [1.807, 2.05) is 27.7 Å². The second-order valence-corrected chi connectivity index (χ2v) is 6.22. The van der Waals surface area contributed by atoms with Crippen LogP contribution in [0.25, 0.3) is 0 Å². The molecule has 0 aromatic heterocycles. The van der Waals surface area contributed by atoms with E-state index in [1.165, 1.54) is 0 Å². The lowest BCUT2D eigenvalue weighted by atomic mass is 9.96. The van der Waals surface area contributed by atoms with Crippen LogP contribution in [0.1, 0.15) is 73.1 Å². The molecule has 0 radical (unpaired) electrons. The summed E-state index contributed by atoms with van der Waals surface area (Å²) in [5.74, 6) is -0.0710. The summed E-state index contributed by atoms with van der Waals surface area (Å²) in [7, 11) is 0. The van der Waals surface area contributed by atoms with E-state index in [9.17, 15) is 9.59 Å². The first-order valence-corrected chi connectivity index (χ1v) is 8.23. The van der Waals surface area contributed by atoms with Crippen molar-refractivity contribution >= 4 is 11.9 Å². The zero-order valence-electron chi connectivity index (χ0n) is 14.3. The summed E-state index contributed by atoms with van der Waals surface area (Å²) < 4.78 is 10.5. The number of hydrogen-bond acceptors (Lipinski definition) is 4. The molecule has 0 N–H and O–H groups in total. The highest BCUT2D eigenvalue weighted by molar-refractivity contribution is 5.77. The van der Waals surface area contributed by atoms with Crippen LogP contribution in [0.2, 0.25) is 0 Å². The molecule has 0 saturated heterocycles. The first-order valence-electron chi connectivity index (χ1n) is 8.23. The minimum atomic E-state index is -0.315. The highest BCUT2D eigenvalue weighted by Crippen LogP contribution is 2.17. The van der Waals surface area contributed by atoms with E-state index in [2.05, 4.69) is 6.92 Å². The van der Waals surface area contributed by atoms with Gasteiger partial charge < -0.3 is 9.47 Å². The average Bonchev–Trinajstić information content (AvgIpc) is 2.41. The van der Waals surface area contributed by atoms with Gasteiger partial charge in [-0.15, -0.1) is 0 Å². The average molecular weight is 300 g/mol. The number of esters is 2. The van der Waals surface area contributed by atoms with Gasteiger partial charge in [0.1, 0.15) is 6.10 Å². The fourth-order valence-corrected chi connectivity index (χ4v) is 2.24. The number of carbonyl (C=O) groups excluding carboxylic acids is 2. The minimum absolute atomic E-state index is 0.0948. The zero-order valence-corrected chi connectivity index (χ0v) is 14.3. The highest BCUT2D eigenvalue weighted by atomic mass is 16.5. The van der Waals surface area contributed by atoms with Gasteiger partial charge >= 0.3 is 11.9 Å². The van der Waals surface area contributed by atoms with Gasteiger partial charge in [-0.2, -0.15) is 0 Å². The molecule has 0 bridgehead atoms. The third-order valence-electron chi connectivity index (χ3n) is 3.38. The molecule has 0 amide bonds. The van der Waals surface area contributed by atoms with E-state index < -0.39 is 0 Å². The maximum absolute atomic E-state index is 11.8.